The van der Waals surface area contributed by atoms with E-state index in [1.165, 1.54) is 0 Å². The van der Waals surface area contributed by atoms with Gasteiger partial charge in [0.25, 0.3) is 11.0 Å². The van der Waals surface area contributed by atoms with Crippen molar-refractivity contribution >= 4 is 28.1 Å². The van der Waals surface area contributed by atoms with Crippen LogP contribution in [0.1, 0.15) is 16.1 Å². The van der Waals surface area contributed by atoms with E-state index in [1.54, 1.807) is 23.8 Å². The molecule has 0 aliphatic carbocycles. The highest BCUT2D eigenvalue weighted by molar-refractivity contribution is 6.83. The summed E-state index contributed by atoms with van der Waals surface area (Å²) >= 11 is 5.48. The van der Waals surface area contributed by atoms with Crippen molar-refractivity contribution in [3.8, 4) is 11.1 Å². The molecule has 23 heavy (non-hydrogen) atoms. The molecule has 0 radical (unpaired) electrons. The van der Waals surface area contributed by atoms with Crippen LogP contribution in [0.15, 0.2) is 54.7 Å². The summed E-state index contributed by atoms with van der Waals surface area (Å²) in [7, 11) is 1.59. The van der Waals surface area contributed by atoms with Crippen LogP contribution in [0.5, 0.6) is 0 Å². The fourth-order valence-corrected chi connectivity index (χ4v) is 2.89. The van der Waals surface area contributed by atoms with Crippen LogP contribution in [0.4, 0.5) is 0 Å². The summed E-state index contributed by atoms with van der Waals surface area (Å²) in [5, 5.41) is -1.01. The van der Waals surface area contributed by atoms with Gasteiger partial charge in [0, 0.05) is 24.4 Å². The first-order valence-corrected chi connectivity index (χ1v) is 7.43. The van der Waals surface area contributed by atoms with Crippen molar-refractivity contribution in [1.29, 1.82) is 0 Å². The second-order valence-corrected chi connectivity index (χ2v) is 5.40. The Bertz CT molecular complexity index is 884. The van der Waals surface area contributed by atoms with Gasteiger partial charge < -0.3 is 9.14 Å². The number of carbonyl (C=O) groups is 2. The predicted molar refractivity (Wildman–Crippen MR) is 88.7 cm³/mol. The average molecular weight is 328 g/mol. The van der Waals surface area contributed by atoms with E-state index in [9.17, 15) is 9.59 Å². The highest BCUT2D eigenvalue weighted by atomic mass is 35.5. The fraction of sp³-hybridized carbons (Fsp3) is 0.111. The summed E-state index contributed by atoms with van der Waals surface area (Å²) in [6.45, 7) is 0.321. The van der Waals surface area contributed by atoms with E-state index in [0.717, 1.165) is 16.6 Å². The monoisotopic (exact) mass is 327 g/mol. The normalized spacial score (nSPS) is 10.9. The molecule has 0 fully saturated rings. The van der Waals surface area contributed by atoms with Crippen molar-refractivity contribution < 1.29 is 14.3 Å². The molecule has 0 saturated carbocycles. The van der Waals surface area contributed by atoms with E-state index in [1.807, 2.05) is 42.5 Å². The molecule has 0 N–H and O–H groups in total. The van der Waals surface area contributed by atoms with Crippen molar-refractivity contribution in [2.75, 3.05) is 7.11 Å². The number of Topliss-reactive ketones (excluding diaryl/α,β-unsaturated/α-hetero) is 1. The highest BCUT2D eigenvalue weighted by Gasteiger charge is 2.27. The van der Waals surface area contributed by atoms with Crippen LogP contribution in [0, 0.1) is 0 Å². The van der Waals surface area contributed by atoms with Crippen LogP contribution >= 0.6 is 11.6 Å². The molecule has 116 valence electrons. The molecule has 2 aromatic heterocycles. The van der Waals surface area contributed by atoms with E-state index in [0.29, 0.717) is 12.2 Å². The molecule has 0 unspecified atom stereocenters. The number of methoxy groups -OCH3 is 1. The second-order valence-electron chi connectivity index (χ2n) is 5.06. The smallest absolute Gasteiger partial charge is 0.294 e. The molecule has 0 aliphatic rings. The average Bonchev–Trinajstić information content (AvgIpc) is 2.90. The number of hydrogen-bond donors (Lipinski definition) is 0. The number of pyridine rings is 1. The first-order chi connectivity index (χ1) is 11.1. The Kier molecular flexibility index (Phi) is 4.28. The van der Waals surface area contributed by atoms with Gasteiger partial charge >= 0.3 is 0 Å². The standard InChI is InChI=1S/C18H14ClNO3/c1-23-11-13-14-9-5-6-10-20(14)16(17(21)18(19)22)15(13)12-7-3-2-4-8-12/h2-10H,11H2,1H3. The summed E-state index contributed by atoms with van der Waals surface area (Å²) < 4.78 is 7.00. The van der Waals surface area contributed by atoms with Gasteiger partial charge in [-0.3, -0.25) is 9.59 Å². The van der Waals surface area contributed by atoms with Crippen LogP contribution in [0.3, 0.4) is 0 Å². The summed E-state index contributed by atoms with van der Waals surface area (Å²) in [4.78, 5) is 23.9. The lowest BCUT2D eigenvalue weighted by atomic mass is 9.99. The summed E-state index contributed by atoms with van der Waals surface area (Å²) in [6.07, 6.45) is 1.74. The number of hydrogen-bond acceptors (Lipinski definition) is 3. The Morgan fingerprint density at radius 3 is 2.43 bits per heavy atom. The minimum Gasteiger partial charge on any atom is -0.380 e. The van der Waals surface area contributed by atoms with Crippen molar-refractivity contribution in [3.05, 3.63) is 66.0 Å². The number of rotatable bonds is 5. The molecule has 4 nitrogen and oxygen atoms in total. The first kappa shape index (κ1) is 15.5. The van der Waals surface area contributed by atoms with Gasteiger partial charge in [0.05, 0.1) is 12.1 Å². The molecule has 0 atom stereocenters. The van der Waals surface area contributed by atoms with Crippen molar-refractivity contribution in [2.45, 2.75) is 6.61 Å². The third-order valence-electron chi connectivity index (χ3n) is 3.69. The van der Waals surface area contributed by atoms with Crippen LogP contribution in [0.25, 0.3) is 16.6 Å². The van der Waals surface area contributed by atoms with Crippen LogP contribution < -0.4 is 0 Å². The maximum Gasteiger partial charge on any atom is 0.294 e. The van der Waals surface area contributed by atoms with Gasteiger partial charge in [-0.05, 0) is 29.3 Å². The minimum atomic E-state index is -1.01. The van der Waals surface area contributed by atoms with Gasteiger partial charge in [0.1, 0.15) is 5.69 Å². The Morgan fingerprint density at radius 1 is 1.09 bits per heavy atom. The number of fused-ring (bicyclic) bond motifs is 1. The van der Waals surface area contributed by atoms with E-state index in [4.69, 9.17) is 16.3 Å². The van der Waals surface area contributed by atoms with E-state index >= 15 is 0 Å². The Hall–Kier alpha value is -2.43. The second kappa shape index (κ2) is 6.36. The number of halogens is 1. The number of carbonyl (C=O) groups excluding carboxylic acids is 2. The van der Waals surface area contributed by atoms with Gasteiger partial charge in [-0.1, -0.05) is 36.4 Å². The van der Waals surface area contributed by atoms with Gasteiger partial charge in [0.2, 0.25) is 0 Å². The Labute approximate surface area is 138 Å². The van der Waals surface area contributed by atoms with Crippen LogP contribution in [-0.4, -0.2) is 22.5 Å². The minimum absolute atomic E-state index is 0.263. The quantitative estimate of drug-likeness (QED) is 0.408. The fourth-order valence-electron chi connectivity index (χ4n) is 2.80. The molecule has 0 saturated heterocycles. The molecular formula is C18H14ClNO3. The molecule has 0 aliphatic heterocycles. The summed E-state index contributed by atoms with van der Waals surface area (Å²) in [6, 6.07) is 15.0. The lowest BCUT2D eigenvalue weighted by Gasteiger charge is -2.06. The zero-order chi connectivity index (χ0) is 16.4. The van der Waals surface area contributed by atoms with Crippen molar-refractivity contribution in [3.63, 3.8) is 0 Å². The predicted octanol–water partition coefficient (Wildman–Crippen LogP) is 3.70. The van der Waals surface area contributed by atoms with E-state index in [2.05, 4.69) is 0 Å². The molecule has 2 heterocycles. The van der Waals surface area contributed by atoms with E-state index < -0.39 is 11.0 Å². The maximum atomic E-state index is 12.4. The Balaban J connectivity index is 2.43. The van der Waals surface area contributed by atoms with Crippen LogP contribution in [0.2, 0.25) is 0 Å². The maximum absolute atomic E-state index is 12.4. The molecule has 1 aromatic carbocycles. The zero-order valence-corrected chi connectivity index (χ0v) is 13.2. The van der Waals surface area contributed by atoms with E-state index in [-0.39, 0.29) is 5.69 Å². The number of ether oxygens (including phenoxy) is 1. The molecule has 3 rings (SSSR count). The number of benzene rings is 1. The zero-order valence-electron chi connectivity index (χ0n) is 12.5. The first-order valence-electron chi connectivity index (χ1n) is 7.05. The topological polar surface area (TPSA) is 47.8 Å². The van der Waals surface area contributed by atoms with Gasteiger partial charge in [0.15, 0.2) is 0 Å². The van der Waals surface area contributed by atoms with Gasteiger partial charge in [-0.25, -0.2) is 0 Å². The molecule has 5 heteroatoms. The Morgan fingerprint density at radius 2 is 1.78 bits per heavy atom. The highest BCUT2D eigenvalue weighted by Crippen LogP contribution is 2.34. The molecule has 0 bridgehead atoms. The van der Waals surface area contributed by atoms with Crippen molar-refractivity contribution in [2.24, 2.45) is 0 Å². The third kappa shape index (κ3) is 2.67. The SMILES string of the molecule is COCc1c(-c2ccccc2)c(C(=O)C(=O)Cl)n2ccccc12. The summed E-state index contributed by atoms with van der Waals surface area (Å²) in [5.41, 5.74) is 3.44. The van der Waals surface area contributed by atoms with Gasteiger partial charge in [-0.15, -0.1) is 0 Å². The lowest BCUT2D eigenvalue weighted by Crippen LogP contribution is -2.11. The number of aromatic nitrogens is 1. The molecular weight excluding hydrogens is 314 g/mol. The van der Waals surface area contributed by atoms with Crippen LogP contribution in [-0.2, 0) is 16.1 Å². The van der Waals surface area contributed by atoms with Crippen molar-refractivity contribution in [1.82, 2.24) is 4.40 Å². The number of ketones is 1. The largest absolute Gasteiger partial charge is 0.380 e. The van der Waals surface area contributed by atoms with Gasteiger partial charge in [-0.2, -0.15) is 0 Å². The lowest BCUT2D eigenvalue weighted by molar-refractivity contribution is -0.108. The number of nitrogens with zero attached hydrogens (tertiary/aromatic N) is 1. The molecule has 0 spiro atoms. The third-order valence-corrected chi connectivity index (χ3v) is 3.86. The summed E-state index contributed by atoms with van der Waals surface area (Å²) in [5.74, 6) is -0.728. The molecule has 3 aromatic rings. The molecule has 0 amide bonds.